The van der Waals surface area contributed by atoms with Gasteiger partial charge in [-0.05, 0) is 18.2 Å². The van der Waals surface area contributed by atoms with Gasteiger partial charge in [0.15, 0.2) is 23.1 Å². The number of hydrogen-bond acceptors (Lipinski definition) is 6. The van der Waals surface area contributed by atoms with E-state index < -0.39 is 5.82 Å². The summed E-state index contributed by atoms with van der Waals surface area (Å²) in [7, 11) is 1.42. The fourth-order valence-electron chi connectivity index (χ4n) is 2.00. The molecule has 1 aromatic heterocycles. The van der Waals surface area contributed by atoms with Crippen LogP contribution in [0.4, 0.5) is 10.1 Å². The Balaban J connectivity index is 0.00000100. The number of hydrogen-bond donors (Lipinski definition) is 2. The zero-order valence-electron chi connectivity index (χ0n) is 13.6. The lowest BCUT2D eigenvalue weighted by Crippen LogP contribution is -1.95. The predicted molar refractivity (Wildman–Crippen MR) is 90.0 cm³/mol. The molecule has 3 N–H and O–H groups in total. The highest BCUT2D eigenvalue weighted by molar-refractivity contribution is 5.86. The first kappa shape index (κ1) is 17.3. The van der Waals surface area contributed by atoms with E-state index in [1.165, 1.54) is 37.7 Å². The largest absolute Gasteiger partial charge is 0.504 e. The maximum absolute atomic E-state index is 13.8. The first-order chi connectivity index (χ1) is 11.6. The Morgan fingerprint density at radius 2 is 1.83 bits per heavy atom. The molecule has 0 saturated carbocycles. The molecule has 0 aliphatic rings. The predicted octanol–water partition coefficient (Wildman–Crippen LogP) is 3.88. The Kier molecular flexibility index (Phi) is 5.36. The Hall–Kier alpha value is -3.09. The molecule has 126 valence electrons. The smallest absolute Gasteiger partial charge is 0.230 e. The van der Waals surface area contributed by atoms with Gasteiger partial charge >= 0.3 is 0 Å². The van der Waals surface area contributed by atoms with Gasteiger partial charge in [-0.25, -0.2) is 14.4 Å². The highest BCUT2D eigenvalue weighted by Gasteiger charge is 2.13. The fraction of sp³-hybridized carbons (Fsp3) is 0.176. The topological polar surface area (TPSA) is 90.5 Å². The van der Waals surface area contributed by atoms with Crippen molar-refractivity contribution in [3.63, 3.8) is 0 Å². The molecule has 6 nitrogen and oxygen atoms in total. The van der Waals surface area contributed by atoms with Gasteiger partial charge in [0.25, 0.3) is 0 Å². The molecule has 0 radical (unpaired) electrons. The molecule has 7 heteroatoms. The second-order valence-corrected chi connectivity index (χ2v) is 4.51. The summed E-state index contributed by atoms with van der Waals surface area (Å²) < 4.78 is 24.4. The second kappa shape index (κ2) is 7.45. The molecule has 3 rings (SSSR count). The van der Waals surface area contributed by atoms with Crippen molar-refractivity contribution < 1.29 is 19.0 Å². The molecule has 0 atom stereocenters. The highest BCUT2D eigenvalue weighted by Crippen LogP contribution is 2.35. The van der Waals surface area contributed by atoms with Crippen LogP contribution in [0.15, 0.2) is 36.7 Å². The Labute approximate surface area is 138 Å². The zero-order valence-corrected chi connectivity index (χ0v) is 13.6. The van der Waals surface area contributed by atoms with E-state index in [1.807, 2.05) is 13.8 Å². The Morgan fingerprint density at radius 1 is 1.08 bits per heavy atom. The molecule has 0 spiro atoms. The number of halogens is 1. The number of aromatic nitrogens is 2. The molecule has 2 aromatic carbocycles. The van der Waals surface area contributed by atoms with E-state index in [0.29, 0.717) is 16.6 Å². The Bertz CT molecular complexity index is 856. The standard InChI is InChI=1S/C15H12FN3O3.C2H6/c1-21-14-5-9-11(6-12(14)20)18-7-19-15(9)22-13-3-2-8(17)4-10(13)16;1-2/h2-7,20H,17H2,1H3;1-2H3. The van der Waals surface area contributed by atoms with Crippen molar-refractivity contribution in [2.45, 2.75) is 13.8 Å². The van der Waals surface area contributed by atoms with E-state index in [0.717, 1.165) is 6.07 Å². The molecule has 3 aromatic rings. The normalized spacial score (nSPS) is 10.0. The number of nitrogen functional groups attached to an aromatic ring is 1. The van der Waals surface area contributed by atoms with Gasteiger partial charge in [0.2, 0.25) is 5.88 Å². The molecule has 0 unspecified atom stereocenters. The summed E-state index contributed by atoms with van der Waals surface area (Å²) in [6.07, 6.45) is 1.26. The van der Waals surface area contributed by atoms with E-state index in [-0.39, 0.29) is 23.1 Å². The van der Waals surface area contributed by atoms with Gasteiger partial charge in [0.1, 0.15) is 6.33 Å². The van der Waals surface area contributed by atoms with Crippen molar-refractivity contribution in [1.82, 2.24) is 9.97 Å². The van der Waals surface area contributed by atoms with Crippen LogP contribution in [0, 0.1) is 5.82 Å². The van der Waals surface area contributed by atoms with Crippen LogP contribution < -0.4 is 15.2 Å². The lowest BCUT2D eigenvalue weighted by molar-refractivity contribution is 0.374. The van der Waals surface area contributed by atoms with Crippen LogP contribution in [0.5, 0.6) is 23.1 Å². The first-order valence-corrected chi connectivity index (χ1v) is 7.33. The number of ether oxygens (including phenoxy) is 2. The molecule has 0 amide bonds. The number of phenols is 1. The third kappa shape index (κ3) is 3.45. The summed E-state index contributed by atoms with van der Waals surface area (Å²) in [6, 6.07) is 7.03. The van der Waals surface area contributed by atoms with Crippen LogP contribution in [0.2, 0.25) is 0 Å². The summed E-state index contributed by atoms with van der Waals surface area (Å²) in [5, 5.41) is 10.2. The lowest BCUT2D eigenvalue weighted by atomic mass is 10.2. The minimum absolute atomic E-state index is 0.0127. The molecule has 1 heterocycles. The van der Waals surface area contributed by atoms with Crippen molar-refractivity contribution >= 4 is 16.6 Å². The number of anilines is 1. The van der Waals surface area contributed by atoms with Crippen LogP contribution in [-0.4, -0.2) is 22.2 Å². The third-order valence-electron chi connectivity index (χ3n) is 3.06. The van der Waals surface area contributed by atoms with E-state index in [1.54, 1.807) is 0 Å². The number of nitrogens with two attached hydrogens (primary N) is 1. The average Bonchev–Trinajstić information content (AvgIpc) is 2.58. The number of rotatable bonds is 3. The maximum Gasteiger partial charge on any atom is 0.230 e. The van der Waals surface area contributed by atoms with Crippen molar-refractivity contribution in [2.75, 3.05) is 12.8 Å². The molecular weight excluding hydrogens is 313 g/mol. The van der Waals surface area contributed by atoms with E-state index in [2.05, 4.69) is 9.97 Å². The Morgan fingerprint density at radius 3 is 2.50 bits per heavy atom. The van der Waals surface area contributed by atoms with Crippen LogP contribution in [0.3, 0.4) is 0 Å². The third-order valence-corrected chi connectivity index (χ3v) is 3.06. The average molecular weight is 331 g/mol. The quantitative estimate of drug-likeness (QED) is 0.708. The number of nitrogens with zero attached hydrogens (tertiary/aromatic N) is 2. The number of fused-ring (bicyclic) bond motifs is 1. The van der Waals surface area contributed by atoms with E-state index in [9.17, 15) is 9.50 Å². The molecule has 24 heavy (non-hydrogen) atoms. The number of aromatic hydroxyl groups is 1. The van der Waals surface area contributed by atoms with Gasteiger partial charge in [0.05, 0.1) is 18.0 Å². The fourth-order valence-corrected chi connectivity index (χ4v) is 2.00. The second-order valence-electron chi connectivity index (χ2n) is 4.51. The van der Waals surface area contributed by atoms with Gasteiger partial charge in [0, 0.05) is 17.8 Å². The van der Waals surface area contributed by atoms with Gasteiger partial charge < -0.3 is 20.3 Å². The van der Waals surface area contributed by atoms with Crippen LogP contribution >= 0.6 is 0 Å². The number of methoxy groups -OCH3 is 1. The first-order valence-electron chi connectivity index (χ1n) is 7.33. The SMILES string of the molecule is CC.COc1cc2c(Oc3ccc(N)cc3F)ncnc2cc1O. The molecule has 0 aliphatic carbocycles. The zero-order chi connectivity index (χ0) is 17.7. The molecule has 0 aliphatic heterocycles. The summed E-state index contributed by atoms with van der Waals surface area (Å²) in [5.41, 5.74) is 6.24. The minimum Gasteiger partial charge on any atom is -0.504 e. The highest BCUT2D eigenvalue weighted by atomic mass is 19.1. The van der Waals surface area contributed by atoms with Crippen LogP contribution in [-0.2, 0) is 0 Å². The summed E-state index contributed by atoms with van der Waals surface area (Å²) in [6.45, 7) is 4.00. The van der Waals surface area contributed by atoms with Gasteiger partial charge in [-0.3, -0.25) is 0 Å². The number of benzene rings is 2. The van der Waals surface area contributed by atoms with E-state index in [4.69, 9.17) is 15.2 Å². The van der Waals surface area contributed by atoms with Crippen LogP contribution in [0.1, 0.15) is 13.8 Å². The number of phenolic OH excluding ortho intramolecular Hbond substituents is 1. The summed E-state index contributed by atoms with van der Waals surface area (Å²) >= 11 is 0. The van der Waals surface area contributed by atoms with Gasteiger partial charge in [-0.15, -0.1) is 0 Å². The minimum atomic E-state index is -0.600. The van der Waals surface area contributed by atoms with Crippen molar-refractivity contribution in [1.29, 1.82) is 0 Å². The van der Waals surface area contributed by atoms with Gasteiger partial charge in [-0.2, -0.15) is 0 Å². The monoisotopic (exact) mass is 331 g/mol. The van der Waals surface area contributed by atoms with Crippen LogP contribution in [0.25, 0.3) is 10.9 Å². The van der Waals surface area contributed by atoms with E-state index >= 15 is 0 Å². The molecule has 0 bridgehead atoms. The summed E-state index contributed by atoms with van der Waals surface area (Å²) in [5.74, 6) is -0.283. The lowest BCUT2D eigenvalue weighted by Gasteiger charge is -2.10. The molecule has 0 saturated heterocycles. The van der Waals surface area contributed by atoms with Crippen molar-refractivity contribution in [2.24, 2.45) is 0 Å². The molecular formula is C17H18FN3O3. The maximum atomic E-state index is 13.8. The van der Waals surface area contributed by atoms with Crippen molar-refractivity contribution in [3.05, 3.63) is 42.5 Å². The summed E-state index contributed by atoms with van der Waals surface area (Å²) in [4.78, 5) is 8.04. The van der Waals surface area contributed by atoms with Gasteiger partial charge in [-0.1, -0.05) is 13.8 Å². The molecule has 0 fully saturated rings. The van der Waals surface area contributed by atoms with Crippen molar-refractivity contribution in [3.8, 4) is 23.1 Å².